The van der Waals surface area contributed by atoms with Gasteiger partial charge in [0.05, 0.1) is 7.11 Å². The predicted molar refractivity (Wildman–Crippen MR) is 114 cm³/mol. The van der Waals surface area contributed by atoms with Crippen LogP contribution in [0.5, 0.6) is 5.75 Å². The third-order valence-electron chi connectivity index (χ3n) is 5.03. The van der Waals surface area contributed by atoms with E-state index in [0.717, 1.165) is 27.5 Å². The number of halogens is 3. The number of carbonyl (C=O) groups excluding carboxylic acids is 1. The molecular formula is C24H23F3N2O3. The van der Waals surface area contributed by atoms with Crippen LogP contribution in [-0.4, -0.2) is 29.0 Å². The molecule has 168 valence electrons. The number of hydrogen-bond acceptors (Lipinski definition) is 3. The third-order valence-corrected chi connectivity index (χ3v) is 5.03. The Bertz CT molecular complexity index is 1090. The van der Waals surface area contributed by atoms with Crippen LogP contribution in [0.2, 0.25) is 0 Å². The Labute approximate surface area is 183 Å². The number of benzene rings is 2. The van der Waals surface area contributed by atoms with Crippen molar-refractivity contribution in [2.24, 2.45) is 0 Å². The Kier molecular flexibility index (Phi) is 7.35. The molecule has 2 aromatic carbocycles. The lowest BCUT2D eigenvalue weighted by molar-refractivity contribution is -0.139. The van der Waals surface area contributed by atoms with E-state index in [1.165, 1.54) is 6.20 Å². The largest absolute Gasteiger partial charge is 0.497 e. The summed E-state index contributed by atoms with van der Waals surface area (Å²) in [6.45, 7) is 0.148. The summed E-state index contributed by atoms with van der Waals surface area (Å²) in [4.78, 5) is 26.8. The minimum Gasteiger partial charge on any atom is -0.497 e. The van der Waals surface area contributed by atoms with Crippen molar-refractivity contribution in [1.82, 2.24) is 9.47 Å². The van der Waals surface area contributed by atoms with Gasteiger partial charge in [0.15, 0.2) is 0 Å². The fraction of sp³-hybridized carbons (Fsp3) is 0.250. The maximum absolute atomic E-state index is 13.1. The summed E-state index contributed by atoms with van der Waals surface area (Å²) in [5.41, 5.74) is -0.663. The molecule has 5 nitrogen and oxygen atoms in total. The second kappa shape index (κ2) is 10.2. The highest BCUT2D eigenvalue weighted by atomic mass is 19.4. The van der Waals surface area contributed by atoms with Crippen LogP contribution in [0.25, 0.3) is 0 Å². The zero-order chi connectivity index (χ0) is 23.1. The van der Waals surface area contributed by atoms with E-state index in [9.17, 15) is 22.8 Å². The molecule has 32 heavy (non-hydrogen) atoms. The zero-order valence-electron chi connectivity index (χ0n) is 17.5. The monoisotopic (exact) mass is 444 g/mol. The number of rotatable bonds is 8. The molecule has 3 aromatic rings. The molecule has 0 radical (unpaired) electrons. The van der Waals surface area contributed by atoms with E-state index >= 15 is 0 Å². The number of amides is 1. The van der Waals surface area contributed by atoms with E-state index < -0.39 is 29.8 Å². The lowest BCUT2D eigenvalue weighted by atomic mass is 10.1. The van der Waals surface area contributed by atoms with Crippen molar-refractivity contribution in [3.8, 4) is 5.75 Å². The maximum Gasteiger partial charge on any atom is 0.421 e. The number of ether oxygens (including phenoxy) is 1. The number of hydrogen-bond donors (Lipinski definition) is 0. The first-order valence-electron chi connectivity index (χ1n) is 9.99. The topological polar surface area (TPSA) is 51.5 Å². The van der Waals surface area contributed by atoms with Crippen molar-refractivity contribution in [1.29, 1.82) is 0 Å². The molecule has 0 fully saturated rings. The first-order chi connectivity index (χ1) is 15.3. The van der Waals surface area contributed by atoms with Gasteiger partial charge in [0.25, 0.3) is 5.56 Å². The molecule has 8 heteroatoms. The number of pyridine rings is 1. The van der Waals surface area contributed by atoms with E-state index in [2.05, 4.69) is 0 Å². The van der Waals surface area contributed by atoms with Crippen molar-refractivity contribution in [2.45, 2.75) is 25.7 Å². The Morgan fingerprint density at radius 1 is 0.969 bits per heavy atom. The molecule has 0 spiro atoms. The molecular weight excluding hydrogens is 421 g/mol. The predicted octanol–water partition coefficient (Wildman–Crippen LogP) is 4.15. The van der Waals surface area contributed by atoms with E-state index in [1.807, 2.05) is 54.6 Å². The van der Waals surface area contributed by atoms with Gasteiger partial charge in [0.2, 0.25) is 5.91 Å². The number of aromatic nitrogens is 1. The van der Waals surface area contributed by atoms with Gasteiger partial charge in [-0.3, -0.25) is 9.59 Å². The molecule has 0 bridgehead atoms. The van der Waals surface area contributed by atoms with Crippen LogP contribution in [0.1, 0.15) is 16.7 Å². The van der Waals surface area contributed by atoms with Crippen LogP contribution in [-0.2, 0) is 30.5 Å². The van der Waals surface area contributed by atoms with Gasteiger partial charge in [0, 0.05) is 19.3 Å². The van der Waals surface area contributed by atoms with E-state index in [1.54, 1.807) is 12.0 Å². The van der Waals surface area contributed by atoms with Crippen molar-refractivity contribution >= 4 is 5.91 Å². The van der Waals surface area contributed by atoms with E-state index in [0.29, 0.717) is 19.0 Å². The zero-order valence-corrected chi connectivity index (χ0v) is 17.5. The fourth-order valence-electron chi connectivity index (χ4n) is 3.27. The summed E-state index contributed by atoms with van der Waals surface area (Å²) in [6.07, 6.45) is -3.04. The highest BCUT2D eigenvalue weighted by molar-refractivity contribution is 5.76. The average Bonchev–Trinajstić information content (AvgIpc) is 2.78. The maximum atomic E-state index is 13.1. The van der Waals surface area contributed by atoms with Gasteiger partial charge < -0.3 is 14.2 Å². The van der Waals surface area contributed by atoms with Gasteiger partial charge in [-0.2, -0.15) is 13.2 Å². The highest BCUT2D eigenvalue weighted by Crippen LogP contribution is 2.26. The Balaban J connectivity index is 1.79. The molecule has 0 saturated heterocycles. The summed E-state index contributed by atoms with van der Waals surface area (Å²) in [5.74, 6) is 0.277. The van der Waals surface area contributed by atoms with Gasteiger partial charge in [-0.05, 0) is 41.8 Å². The minimum absolute atomic E-state index is 0.281. The summed E-state index contributed by atoms with van der Waals surface area (Å²) in [6, 6.07) is 18.5. The van der Waals surface area contributed by atoms with Crippen LogP contribution < -0.4 is 10.3 Å². The van der Waals surface area contributed by atoms with Crippen LogP contribution in [0.3, 0.4) is 0 Å². The van der Waals surface area contributed by atoms with Crippen molar-refractivity contribution in [3.05, 3.63) is 100.0 Å². The Morgan fingerprint density at radius 2 is 1.66 bits per heavy atom. The molecule has 0 aliphatic carbocycles. The molecule has 0 atom stereocenters. The summed E-state index contributed by atoms with van der Waals surface area (Å²) < 4.78 is 45.1. The number of nitrogens with zero attached hydrogens (tertiary/aromatic N) is 2. The molecule has 0 unspecified atom stereocenters. The second-order valence-corrected chi connectivity index (χ2v) is 7.25. The summed E-state index contributed by atoms with van der Waals surface area (Å²) >= 11 is 0. The third kappa shape index (κ3) is 6.00. The van der Waals surface area contributed by atoms with Gasteiger partial charge >= 0.3 is 6.18 Å². The minimum atomic E-state index is -4.78. The fourth-order valence-corrected chi connectivity index (χ4v) is 3.27. The van der Waals surface area contributed by atoms with Crippen LogP contribution in [0.15, 0.2) is 77.7 Å². The lowest BCUT2D eigenvalue weighted by Crippen LogP contribution is -2.38. The second-order valence-electron chi connectivity index (χ2n) is 7.25. The van der Waals surface area contributed by atoms with Gasteiger partial charge in [0.1, 0.15) is 17.9 Å². The van der Waals surface area contributed by atoms with Crippen molar-refractivity contribution < 1.29 is 22.7 Å². The average molecular weight is 444 g/mol. The van der Waals surface area contributed by atoms with E-state index in [-0.39, 0.29) is 6.54 Å². The normalized spacial score (nSPS) is 11.2. The molecule has 1 amide bonds. The highest BCUT2D eigenvalue weighted by Gasteiger charge is 2.34. The molecule has 3 rings (SSSR count). The van der Waals surface area contributed by atoms with Gasteiger partial charge in [-0.15, -0.1) is 0 Å². The Morgan fingerprint density at radius 3 is 2.28 bits per heavy atom. The first-order valence-corrected chi connectivity index (χ1v) is 9.99. The van der Waals surface area contributed by atoms with Gasteiger partial charge in [-0.1, -0.05) is 42.5 Å². The smallest absolute Gasteiger partial charge is 0.421 e. The van der Waals surface area contributed by atoms with Crippen molar-refractivity contribution in [2.75, 3.05) is 13.7 Å². The quantitative estimate of drug-likeness (QED) is 0.525. The van der Waals surface area contributed by atoms with Crippen LogP contribution in [0.4, 0.5) is 13.2 Å². The summed E-state index contributed by atoms with van der Waals surface area (Å²) in [5, 5.41) is 0. The summed E-state index contributed by atoms with van der Waals surface area (Å²) in [7, 11) is 1.57. The molecule has 1 heterocycles. The number of carbonyl (C=O) groups is 1. The number of methoxy groups -OCH3 is 1. The lowest BCUT2D eigenvalue weighted by Gasteiger charge is -2.24. The van der Waals surface area contributed by atoms with Gasteiger partial charge in [-0.25, -0.2) is 0 Å². The van der Waals surface area contributed by atoms with Crippen LogP contribution >= 0.6 is 0 Å². The number of alkyl halides is 3. The molecule has 0 N–H and O–H groups in total. The standard InChI is InChI=1S/C24H23F3N2O3/c1-32-20-11-9-18(10-12-20)13-15-28(16-19-6-3-2-4-7-19)22(30)17-29-14-5-8-21(23(29)31)24(25,26)27/h2-12,14H,13,15-17H2,1H3. The molecule has 1 aromatic heterocycles. The van der Waals surface area contributed by atoms with Crippen molar-refractivity contribution in [3.63, 3.8) is 0 Å². The SMILES string of the molecule is COc1ccc(CCN(Cc2ccccc2)C(=O)Cn2cccc(C(F)(F)F)c2=O)cc1. The van der Waals surface area contributed by atoms with Crippen LogP contribution in [0, 0.1) is 0 Å². The molecule has 0 aliphatic rings. The first kappa shape index (κ1) is 23.1. The molecule has 0 aliphatic heterocycles. The van der Waals surface area contributed by atoms with E-state index in [4.69, 9.17) is 4.74 Å². The Hall–Kier alpha value is -3.55. The molecule has 0 saturated carbocycles.